The SMILES string of the molecule is ONC(=Nc1cc(F)ccc1F)c1cccc2cn[nH]c12. The van der Waals surface area contributed by atoms with E-state index in [1.165, 1.54) is 0 Å². The van der Waals surface area contributed by atoms with E-state index in [9.17, 15) is 14.0 Å². The topological polar surface area (TPSA) is 73.3 Å². The summed E-state index contributed by atoms with van der Waals surface area (Å²) in [5, 5.41) is 16.7. The van der Waals surface area contributed by atoms with Crippen molar-refractivity contribution in [2.24, 2.45) is 4.99 Å². The van der Waals surface area contributed by atoms with Crippen LogP contribution in [-0.2, 0) is 0 Å². The average Bonchev–Trinajstić information content (AvgIpc) is 2.96. The fourth-order valence-corrected chi connectivity index (χ4v) is 2.00. The van der Waals surface area contributed by atoms with E-state index in [1.807, 2.05) is 11.5 Å². The number of benzene rings is 2. The van der Waals surface area contributed by atoms with E-state index < -0.39 is 11.6 Å². The van der Waals surface area contributed by atoms with Crippen molar-refractivity contribution in [1.29, 1.82) is 0 Å². The lowest BCUT2D eigenvalue weighted by atomic mass is 10.1. The number of nitrogens with zero attached hydrogens (tertiary/aromatic N) is 2. The fourth-order valence-electron chi connectivity index (χ4n) is 2.00. The molecule has 3 aromatic rings. The maximum absolute atomic E-state index is 13.6. The molecule has 0 saturated carbocycles. The van der Waals surface area contributed by atoms with Crippen LogP contribution in [0, 0.1) is 11.6 Å². The minimum Gasteiger partial charge on any atom is -0.290 e. The van der Waals surface area contributed by atoms with E-state index in [2.05, 4.69) is 15.2 Å². The molecular formula is C14H10F2N4O. The van der Waals surface area contributed by atoms with Crippen LogP contribution >= 0.6 is 0 Å². The number of H-pyrrole nitrogens is 1. The van der Waals surface area contributed by atoms with Crippen LogP contribution in [0.5, 0.6) is 0 Å². The third-order valence-corrected chi connectivity index (χ3v) is 2.98. The molecule has 0 saturated heterocycles. The van der Waals surface area contributed by atoms with Gasteiger partial charge in [0.05, 0.1) is 11.7 Å². The minimum absolute atomic E-state index is 0.0191. The molecule has 0 amide bonds. The number of nitrogens with one attached hydrogen (secondary N) is 2. The number of aromatic amines is 1. The second-order valence-corrected chi connectivity index (χ2v) is 4.31. The van der Waals surface area contributed by atoms with Crippen LogP contribution in [0.3, 0.4) is 0 Å². The highest BCUT2D eigenvalue weighted by molar-refractivity contribution is 6.08. The smallest absolute Gasteiger partial charge is 0.159 e. The molecule has 106 valence electrons. The Labute approximate surface area is 117 Å². The molecule has 5 nitrogen and oxygen atoms in total. The fraction of sp³-hybridized carbons (Fsp3) is 0. The van der Waals surface area contributed by atoms with Gasteiger partial charge in [-0.15, -0.1) is 0 Å². The monoisotopic (exact) mass is 288 g/mol. The van der Waals surface area contributed by atoms with Crippen molar-refractivity contribution in [2.75, 3.05) is 0 Å². The lowest BCUT2D eigenvalue weighted by Gasteiger charge is -2.07. The van der Waals surface area contributed by atoms with Crippen molar-refractivity contribution >= 4 is 22.4 Å². The molecule has 0 aliphatic carbocycles. The van der Waals surface area contributed by atoms with Gasteiger partial charge in [0.2, 0.25) is 0 Å². The summed E-state index contributed by atoms with van der Waals surface area (Å²) in [7, 11) is 0. The molecular weight excluding hydrogens is 278 g/mol. The Morgan fingerprint density at radius 3 is 2.90 bits per heavy atom. The van der Waals surface area contributed by atoms with Gasteiger partial charge in [-0.2, -0.15) is 5.10 Å². The highest BCUT2D eigenvalue weighted by Gasteiger charge is 2.11. The first-order valence-electron chi connectivity index (χ1n) is 6.05. The first-order chi connectivity index (χ1) is 10.2. The Balaban J connectivity index is 2.15. The zero-order chi connectivity index (χ0) is 14.8. The van der Waals surface area contributed by atoms with Crippen molar-refractivity contribution < 1.29 is 14.0 Å². The average molecular weight is 288 g/mol. The summed E-state index contributed by atoms with van der Waals surface area (Å²) in [5.41, 5.74) is 2.79. The number of fused-ring (bicyclic) bond motifs is 1. The molecule has 7 heteroatoms. The van der Waals surface area contributed by atoms with Crippen molar-refractivity contribution in [3.8, 4) is 0 Å². The molecule has 3 N–H and O–H groups in total. The standard InChI is InChI=1S/C14H10F2N4O/c15-9-4-5-11(16)12(6-9)18-14(20-21)10-3-1-2-8-7-17-19-13(8)10/h1-7,21H,(H,17,19)(H,18,20). The molecule has 0 bridgehead atoms. The number of aliphatic imine (C=N–C) groups is 1. The first kappa shape index (κ1) is 13.2. The van der Waals surface area contributed by atoms with Gasteiger partial charge in [0, 0.05) is 17.0 Å². The Kier molecular flexibility index (Phi) is 3.33. The van der Waals surface area contributed by atoms with Gasteiger partial charge in [-0.3, -0.25) is 15.8 Å². The number of amidine groups is 1. The maximum Gasteiger partial charge on any atom is 0.159 e. The summed E-state index contributed by atoms with van der Waals surface area (Å²) in [6, 6.07) is 8.14. The molecule has 3 rings (SSSR count). The predicted octanol–water partition coefficient (Wildman–Crippen LogP) is 2.90. The lowest BCUT2D eigenvalue weighted by molar-refractivity contribution is 0.235. The van der Waals surface area contributed by atoms with E-state index in [0.717, 1.165) is 23.6 Å². The van der Waals surface area contributed by atoms with E-state index in [-0.39, 0.29) is 11.5 Å². The van der Waals surface area contributed by atoms with E-state index >= 15 is 0 Å². The Bertz CT molecular complexity index is 829. The van der Waals surface area contributed by atoms with Crippen molar-refractivity contribution in [3.05, 3.63) is 59.8 Å². The molecule has 0 spiro atoms. The minimum atomic E-state index is -0.694. The molecule has 0 aliphatic heterocycles. The highest BCUT2D eigenvalue weighted by Crippen LogP contribution is 2.22. The molecule has 2 aromatic carbocycles. The number of hydrogen-bond donors (Lipinski definition) is 3. The van der Waals surface area contributed by atoms with Crippen LogP contribution in [0.2, 0.25) is 0 Å². The van der Waals surface area contributed by atoms with E-state index in [4.69, 9.17) is 0 Å². The normalized spacial score (nSPS) is 11.9. The molecule has 0 aliphatic rings. The van der Waals surface area contributed by atoms with Crippen LogP contribution in [0.4, 0.5) is 14.5 Å². The summed E-state index contributed by atoms with van der Waals surface area (Å²) in [6.45, 7) is 0. The van der Waals surface area contributed by atoms with Crippen LogP contribution in [-0.4, -0.2) is 21.2 Å². The van der Waals surface area contributed by atoms with Gasteiger partial charge < -0.3 is 0 Å². The summed E-state index contributed by atoms with van der Waals surface area (Å²) in [6.07, 6.45) is 1.61. The van der Waals surface area contributed by atoms with E-state index in [1.54, 1.807) is 18.3 Å². The Hall–Kier alpha value is -2.80. The summed E-state index contributed by atoms with van der Waals surface area (Å²) < 4.78 is 26.8. The molecule has 0 fully saturated rings. The second-order valence-electron chi connectivity index (χ2n) is 4.31. The Morgan fingerprint density at radius 1 is 1.24 bits per heavy atom. The third-order valence-electron chi connectivity index (χ3n) is 2.98. The van der Waals surface area contributed by atoms with Crippen LogP contribution in [0.1, 0.15) is 5.56 Å². The first-order valence-corrected chi connectivity index (χ1v) is 6.05. The second kappa shape index (κ2) is 5.29. The number of para-hydroxylation sites is 1. The lowest BCUT2D eigenvalue weighted by Crippen LogP contribution is -2.20. The summed E-state index contributed by atoms with van der Waals surface area (Å²) in [5.74, 6) is -1.33. The van der Waals surface area contributed by atoms with Crippen molar-refractivity contribution in [3.63, 3.8) is 0 Å². The van der Waals surface area contributed by atoms with Gasteiger partial charge in [-0.05, 0) is 18.2 Å². The molecule has 0 atom stereocenters. The summed E-state index contributed by atoms with van der Waals surface area (Å²) >= 11 is 0. The van der Waals surface area contributed by atoms with Crippen molar-refractivity contribution in [1.82, 2.24) is 15.7 Å². The summed E-state index contributed by atoms with van der Waals surface area (Å²) in [4.78, 5) is 3.93. The molecule has 1 heterocycles. The predicted molar refractivity (Wildman–Crippen MR) is 73.6 cm³/mol. The molecule has 0 unspecified atom stereocenters. The number of hydrogen-bond acceptors (Lipinski definition) is 3. The molecule has 0 radical (unpaired) electrons. The van der Waals surface area contributed by atoms with Gasteiger partial charge in [-0.25, -0.2) is 13.8 Å². The van der Waals surface area contributed by atoms with Crippen molar-refractivity contribution in [2.45, 2.75) is 0 Å². The van der Waals surface area contributed by atoms with E-state index in [0.29, 0.717) is 11.1 Å². The number of aromatic nitrogens is 2. The molecule has 1 aromatic heterocycles. The zero-order valence-electron chi connectivity index (χ0n) is 10.6. The Morgan fingerprint density at radius 2 is 2.10 bits per heavy atom. The largest absolute Gasteiger partial charge is 0.290 e. The van der Waals surface area contributed by atoms with Gasteiger partial charge in [0.25, 0.3) is 0 Å². The number of hydroxylamine groups is 1. The van der Waals surface area contributed by atoms with Crippen LogP contribution in [0.25, 0.3) is 10.9 Å². The van der Waals surface area contributed by atoms with Gasteiger partial charge in [0.1, 0.15) is 17.3 Å². The van der Waals surface area contributed by atoms with Crippen LogP contribution < -0.4 is 5.48 Å². The quantitative estimate of drug-likeness (QED) is 0.385. The van der Waals surface area contributed by atoms with Crippen LogP contribution in [0.15, 0.2) is 47.6 Å². The highest BCUT2D eigenvalue weighted by atomic mass is 19.1. The maximum atomic E-state index is 13.6. The zero-order valence-corrected chi connectivity index (χ0v) is 10.6. The van der Waals surface area contributed by atoms with Gasteiger partial charge in [-0.1, -0.05) is 12.1 Å². The number of halogens is 2. The third kappa shape index (κ3) is 2.46. The number of rotatable bonds is 2. The van der Waals surface area contributed by atoms with Gasteiger partial charge >= 0.3 is 0 Å². The molecule has 21 heavy (non-hydrogen) atoms. The van der Waals surface area contributed by atoms with Gasteiger partial charge in [0.15, 0.2) is 5.84 Å².